The van der Waals surface area contributed by atoms with Gasteiger partial charge in [0.25, 0.3) is 11.8 Å². The molecule has 0 atom stereocenters. The number of rotatable bonds is 3. The predicted octanol–water partition coefficient (Wildman–Crippen LogP) is 8.86. The van der Waals surface area contributed by atoms with E-state index >= 15 is 0 Å². The third kappa shape index (κ3) is 3.51. The number of aryl methyl sites for hydroxylation is 1. The second kappa shape index (κ2) is 9.52. The number of amides is 2. The molecule has 0 saturated carbocycles. The number of hydrogen-bond donors (Lipinski definition) is 0. The van der Waals surface area contributed by atoms with Gasteiger partial charge in [0.15, 0.2) is 0 Å². The molecule has 2 amide bonds. The van der Waals surface area contributed by atoms with Crippen molar-refractivity contribution in [3.8, 4) is 17.4 Å². The molecule has 0 aliphatic carbocycles. The number of para-hydroxylation sites is 2. The molecular weight excluding hydrogens is 568 g/mol. The van der Waals surface area contributed by atoms with Crippen molar-refractivity contribution in [3.05, 3.63) is 150 Å². The molecule has 3 heterocycles. The molecule has 0 bridgehead atoms. The Labute approximate surface area is 263 Å². The molecule has 6 nitrogen and oxygen atoms in total. The minimum Gasteiger partial charge on any atom is -0.309 e. The van der Waals surface area contributed by atoms with Gasteiger partial charge in [0.2, 0.25) is 0 Å². The maximum atomic E-state index is 13.2. The number of imide groups is 1. The highest BCUT2D eigenvalue weighted by atomic mass is 16.2. The first-order valence-electron chi connectivity index (χ1n) is 15.1. The van der Waals surface area contributed by atoms with Gasteiger partial charge in [-0.2, -0.15) is 5.26 Å². The third-order valence-electron chi connectivity index (χ3n) is 9.15. The lowest BCUT2D eigenvalue weighted by atomic mass is 10.1. The summed E-state index contributed by atoms with van der Waals surface area (Å²) >= 11 is 0. The molecule has 6 heteroatoms. The van der Waals surface area contributed by atoms with Crippen LogP contribution >= 0.6 is 0 Å². The number of nitrogens with zero attached hydrogens (tertiary/aromatic N) is 4. The molecule has 0 saturated heterocycles. The van der Waals surface area contributed by atoms with Gasteiger partial charge in [0.1, 0.15) is 6.07 Å². The van der Waals surface area contributed by atoms with Crippen molar-refractivity contribution >= 4 is 61.1 Å². The van der Waals surface area contributed by atoms with Gasteiger partial charge in [0.05, 0.1) is 50.1 Å². The van der Waals surface area contributed by atoms with Crippen molar-refractivity contribution in [1.82, 2.24) is 9.13 Å². The van der Waals surface area contributed by atoms with E-state index in [9.17, 15) is 14.9 Å². The number of nitriles is 1. The van der Waals surface area contributed by atoms with Gasteiger partial charge in [-0.1, -0.05) is 66.2 Å². The Morgan fingerprint density at radius 2 is 1.04 bits per heavy atom. The van der Waals surface area contributed by atoms with Crippen molar-refractivity contribution in [2.45, 2.75) is 6.92 Å². The molecule has 1 aliphatic heterocycles. The normalized spacial score (nSPS) is 12.9. The van der Waals surface area contributed by atoms with Crippen LogP contribution in [0.15, 0.2) is 127 Å². The Kier molecular flexibility index (Phi) is 5.38. The van der Waals surface area contributed by atoms with Gasteiger partial charge < -0.3 is 9.13 Å². The summed E-state index contributed by atoms with van der Waals surface area (Å²) in [6.07, 6.45) is 0. The summed E-state index contributed by atoms with van der Waals surface area (Å²) in [4.78, 5) is 27.6. The first kappa shape index (κ1) is 26.0. The van der Waals surface area contributed by atoms with Gasteiger partial charge in [-0.05, 0) is 73.7 Å². The molecule has 1 aliphatic rings. The van der Waals surface area contributed by atoms with Crippen LogP contribution in [0.3, 0.4) is 0 Å². The van der Waals surface area contributed by atoms with E-state index in [0.717, 1.165) is 54.2 Å². The van der Waals surface area contributed by atoms with Gasteiger partial charge >= 0.3 is 0 Å². The maximum absolute atomic E-state index is 13.2. The summed E-state index contributed by atoms with van der Waals surface area (Å²) in [5, 5.41) is 14.8. The molecular formula is C40H24N4O2. The number of aromatic nitrogens is 2. The summed E-state index contributed by atoms with van der Waals surface area (Å²) in [5.41, 5.74) is 8.58. The van der Waals surface area contributed by atoms with Crippen molar-refractivity contribution in [1.29, 1.82) is 5.26 Å². The van der Waals surface area contributed by atoms with E-state index < -0.39 is 0 Å². The zero-order chi connectivity index (χ0) is 31.1. The van der Waals surface area contributed by atoms with Crippen LogP contribution in [0.2, 0.25) is 0 Å². The van der Waals surface area contributed by atoms with E-state index in [1.54, 1.807) is 36.4 Å². The zero-order valence-electron chi connectivity index (χ0n) is 24.7. The molecule has 6 aromatic carbocycles. The summed E-state index contributed by atoms with van der Waals surface area (Å²) < 4.78 is 4.43. The van der Waals surface area contributed by atoms with Gasteiger partial charge in [-0.15, -0.1) is 0 Å². The van der Waals surface area contributed by atoms with Crippen LogP contribution in [0, 0.1) is 18.3 Å². The molecule has 0 unspecified atom stereocenters. The molecule has 2 aromatic heterocycles. The average Bonchev–Trinajstić information content (AvgIpc) is 3.68. The SMILES string of the molecule is Cc1ccc(-n2c3ccccc3c3cc4c(cc32)c2ccccc2n4-c2ccc(N3C(=O)c4ccccc4C3=O)cc2C#N)cc1. The fourth-order valence-electron chi connectivity index (χ4n) is 7.03. The second-order valence-corrected chi connectivity index (χ2v) is 11.7. The number of fused-ring (bicyclic) bond motifs is 7. The lowest BCUT2D eigenvalue weighted by Gasteiger charge is -2.17. The highest BCUT2D eigenvalue weighted by Gasteiger charge is 2.36. The molecule has 9 rings (SSSR count). The predicted molar refractivity (Wildman–Crippen MR) is 182 cm³/mol. The zero-order valence-corrected chi connectivity index (χ0v) is 24.7. The summed E-state index contributed by atoms with van der Waals surface area (Å²) in [6.45, 7) is 2.09. The van der Waals surface area contributed by atoms with Gasteiger partial charge in [-0.25, -0.2) is 4.90 Å². The number of anilines is 1. The minimum absolute atomic E-state index is 0.360. The molecule has 216 valence electrons. The molecule has 46 heavy (non-hydrogen) atoms. The van der Waals surface area contributed by atoms with Crippen LogP contribution < -0.4 is 4.90 Å². The van der Waals surface area contributed by atoms with Crippen LogP contribution in [0.1, 0.15) is 31.8 Å². The first-order valence-corrected chi connectivity index (χ1v) is 15.1. The number of benzene rings is 6. The van der Waals surface area contributed by atoms with E-state index in [1.165, 1.54) is 5.56 Å². The smallest absolute Gasteiger partial charge is 0.266 e. The Balaban J connectivity index is 1.30. The van der Waals surface area contributed by atoms with Gasteiger partial charge in [0, 0.05) is 27.2 Å². The van der Waals surface area contributed by atoms with E-state index in [0.29, 0.717) is 28.1 Å². The average molecular weight is 593 g/mol. The summed E-state index contributed by atoms with van der Waals surface area (Å²) in [5.74, 6) is -0.775. The summed E-state index contributed by atoms with van der Waals surface area (Å²) in [7, 11) is 0. The highest BCUT2D eigenvalue weighted by Crippen LogP contribution is 2.40. The summed E-state index contributed by atoms with van der Waals surface area (Å²) in [6, 6.07) is 44.1. The monoisotopic (exact) mass is 592 g/mol. The minimum atomic E-state index is -0.388. The van der Waals surface area contributed by atoms with Crippen molar-refractivity contribution in [2.75, 3.05) is 4.90 Å². The maximum Gasteiger partial charge on any atom is 0.266 e. The number of carbonyl (C=O) groups excluding carboxylic acids is 2. The van der Waals surface area contributed by atoms with Gasteiger partial charge in [-0.3, -0.25) is 9.59 Å². The molecule has 0 fully saturated rings. The van der Waals surface area contributed by atoms with Crippen molar-refractivity contribution in [3.63, 3.8) is 0 Å². The lowest BCUT2D eigenvalue weighted by molar-refractivity contribution is 0.0926. The second-order valence-electron chi connectivity index (χ2n) is 11.7. The highest BCUT2D eigenvalue weighted by molar-refractivity contribution is 6.34. The molecule has 0 N–H and O–H groups in total. The Hall–Kier alpha value is -6.45. The Morgan fingerprint density at radius 1 is 0.522 bits per heavy atom. The van der Waals surface area contributed by atoms with Crippen LogP contribution in [0.5, 0.6) is 0 Å². The van der Waals surface area contributed by atoms with Crippen LogP contribution in [0.4, 0.5) is 5.69 Å². The Bertz CT molecular complexity index is 2620. The standard InChI is InChI=1S/C40H24N4O2/c1-24-14-16-26(17-15-24)42-35-12-6-4-8-28(35)32-22-38-33(21-37(32)42)29-9-5-7-13-36(29)44(38)34-19-18-27(20-25(34)23-41)43-39(45)30-10-2-3-11-31(30)40(43)46/h2-22H,1H3. The fourth-order valence-corrected chi connectivity index (χ4v) is 7.03. The van der Waals surface area contributed by atoms with E-state index in [4.69, 9.17) is 0 Å². The van der Waals surface area contributed by atoms with Crippen LogP contribution in [-0.2, 0) is 0 Å². The number of carbonyl (C=O) groups is 2. The number of hydrogen-bond acceptors (Lipinski definition) is 3. The molecule has 0 radical (unpaired) electrons. The fraction of sp³-hybridized carbons (Fsp3) is 0.0250. The molecule has 0 spiro atoms. The van der Waals surface area contributed by atoms with E-state index in [1.807, 2.05) is 18.2 Å². The van der Waals surface area contributed by atoms with Crippen molar-refractivity contribution in [2.24, 2.45) is 0 Å². The lowest BCUT2D eigenvalue weighted by Crippen LogP contribution is -2.29. The topological polar surface area (TPSA) is 71.0 Å². The van der Waals surface area contributed by atoms with Crippen molar-refractivity contribution < 1.29 is 9.59 Å². The Morgan fingerprint density at radius 3 is 1.65 bits per heavy atom. The molecule has 8 aromatic rings. The quantitative estimate of drug-likeness (QED) is 0.192. The third-order valence-corrected chi connectivity index (χ3v) is 9.15. The van der Waals surface area contributed by atoms with E-state index in [-0.39, 0.29) is 11.8 Å². The van der Waals surface area contributed by atoms with Crippen LogP contribution in [0.25, 0.3) is 55.0 Å². The van der Waals surface area contributed by atoms with E-state index in [2.05, 4.69) is 94.9 Å². The first-order chi connectivity index (χ1) is 22.5. The largest absolute Gasteiger partial charge is 0.309 e. The van der Waals surface area contributed by atoms with Crippen LogP contribution in [-0.4, -0.2) is 20.9 Å².